The highest BCUT2D eigenvalue weighted by Crippen LogP contribution is 2.21. The Bertz CT molecular complexity index is 416. The second-order valence-electron chi connectivity index (χ2n) is 5.33. The normalized spacial score (nSPS) is 18.4. The van der Waals surface area contributed by atoms with E-state index in [1.165, 1.54) is 0 Å². The van der Waals surface area contributed by atoms with Crippen LogP contribution in [0.2, 0.25) is 0 Å². The van der Waals surface area contributed by atoms with Gasteiger partial charge in [0.05, 0.1) is 6.10 Å². The van der Waals surface area contributed by atoms with Crippen LogP contribution in [0.4, 0.5) is 11.6 Å². The van der Waals surface area contributed by atoms with Gasteiger partial charge in [0.25, 0.3) is 0 Å². The fraction of sp³-hybridized carbons (Fsp3) is 0.714. The highest BCUT2D eigenvalue weighted by molar-refractivity contribution is 5.50. The smallest absolute Gasteiger partial charge is 0.134 e. The molecule has 1 atom stereocenters. The van der Waals surface area contributed by atoms with Crippen LogP contribution in [-0.4, -0.2) is 40.3 Å². The largest absolute Gasteiger partial charge is 0.393 e. The molecule has 1 aromatic rings. The number of nitrogens with zero attached hydrogens (tertiary/aromatic N) is 3. The van der Waals surface area contributed by atoms with E-state index in [2.05, 4.69) is 34.0 Å². The maximum Gasteiger partial charge on any atom is 0.134 e. The Morgan fingerprint density at radius 3 is 2.74 bits per heavy atom. The molecular weight excluding hydrogens is 240 g/mol. The first kappa shape index (κ1) is 14.1. The lowest BCUT2D eigenvalue weighted by molar-refractivity contribution is 0.145. The number of nitrogens with one attached hydrogen (secondary N) is 1. The van der Waals surface area contributed by atoms with Gasteiger partial charge in [-0.15, -0.1) is 0 Å². The van der Waals surface area contributed by atoms with Crippen molar-refractivity contribution in [2.45, 2.75) is 52.2 Å². The maximum absolute atomic E-state index is 9.56. The SMILES string of the molecule is CCC(C)Nc1cc(N2CCC(O)CC2)nc(C)n1. The Morgan fingerprint density at radius 2 is 2.11 bits per heavy atom. The Hall–Kier alpha value is -1.36. The summed E-state index contributed by atoms with van der Waals surface area (Å²) >= 11 is 0. The zero-order valence-electron chi connectivity index (χ0n) is 12.1. The van der Waals surface area contributed by atoms with Gasteiger partial charge >= 0.3 is 0 Å². The molecule has 1 aliphatic rings. The van der Waals surface area contributed by atoms with Crippen molar-refractivity contribution in [1.29, 1.82) is 0 Å². The molecule has 5 heteroatoms. The van der Waals surface area contributed by atoms with E-state index in [0.29, 0.717) is 6.04 Å². The highest BCUT2D eigenvalue weighted by atomic mass is 16.3. The Balaban J connectivity index is 2.12. The van der Waals surface area contributed by atoms with E-state index < -0.39 is 0 Å². The summed E-state index contributed by atoms with van der Waals surface area (Å²) in [6, 6.07) is 2.42. The molecule has 0 amide bonds. The van der Waals surface area contributed by atoms with Gasteiger partial charge in [0.1, 0.15) is 17.5 Å². The fourth-order valence-corrected chi connectivity index (χ4v) is 2.24. The maximum atomic E-state index is 9.56. The van der Waals surface area contributed by atoms with E-state index in [9.17, 15) is 5.11 Å². The van der Waals surface area contributed by atoms with Crippen LogP contribution in [0.3, 0.4) is 0 Å². The molecule has 106 valence electrons. The molecule has 0 aromatic carbocycles. The Kier molecular flexibility index (Phi) is 4.58. The van der Waals surface area contributed by atoms with Gasteiger partial charge in [-0.05, 0) is 33.1 Å². The number of rotatable bonds is 4. The summed E-state index contributed by atoms with van der Waals surface area (Å²) in [5.74, 6) is 2.64. The summed E-state index contributed by atoms with van der Waals surface area (Å²) in [6.45, 7) is 7.94. The van der Waals surface area contributed by atoms with Crippen LogP contribution in [0, 0.1) is 6.92 Å². The van der Waals surface area contributed by atoms with Crippen molar-refractivity contribution >= 4 is 11.6 Å². The van der Waals surface area contributed by atoms with Crippen LogP contribution in [0.15, 0.2) is 6.07 Å². The van der Waals surface area contributed by atoms with Gasteiger partial charge in [0, 0.05) is 25.2 Å². The van der Waals surface area contributed by atoms with Crippen molar-refractivity contribution in [2.24, 2.45) is 0 Å². The van der Waals surface area contributed by atoms with Gasteiger partial charge in [0.15, 0.2) is 0 Å². The van der Waals surface area contributed by atoms with Gasteiger partial charge in [-0.25, -0.2) is 9.97 Å². The van der Waals surface area contributed by atoms with Gasteiger partial charge in [0.2, 0.25) is 0 Å². The minimum Gasteiger partial charge on any atom is -0.393 e. The zero-order chi connectivity index (χ0) is 13.8. The average molecular weight is 264 g/mol. The number of aliphatic hydroxyl groups is 1. The van der Waals surface area contributed by atoms with Gasteiger partial charge < -0.3 is 15.3 Å². The molecule has 2 N–H and O–H groups in total. The molecule has 2 heterocycles. The summed E-state index contributed by atoms with van der Waals surface area (Å²) < 4.78 is 0. The second-order valence-corrected chi connectivity index (χ2v) is 5.33. The lowest BCUT2D eigenvalue weighted by Gasteiger charge is -2.30. The molecule has 1 fully saturated rings. The zero-order valence-corrected chi connectivity index (χ0v) is 12.1. The molecule has 2 rings (SSSR count). The quantitative estimate of drug-likeness (QED) is 0.870. The first-order chi connectivity index (χ1) is 9.08. The minimum absolute atomic E-state index is 0.156. The molecule has 1 saturated heterocycles. The number of anilines is 2. The van der Waals surface area contributed by atoms with E-state index in [1.807, 2.05) is 13.0 Å². The molecule has 0 aliphatic carbocycles. The van der Waals surface area contributed by atoms with Crippen molar-refractivity contribution in [3.63, 3.8) is 0 Å². The van der Waals surface area contributed by atoms with E-state index in [1.54, 1.807) is 0 Å². The molecule has 5 nitrogen and oxygen atoms in total. The van der Waals surface area contributed by atoms with Crippen LogP contribution < -0.4 is 10.2 Å². The third kappa shape index (κ3) is 3.80. The van der Waals surface area contributed by atoms with Crippen LogP contribution in [0.25, 0.3) is 0 Å². The van der Waals surface area contributed by atoms with Crippen LogP contribution >= 0.6 is 0 Å². The van der Waals surface area contributed by atoms with Gasteiger partial charge in [-0.1, -0.05) is 6.92 Å². The number of piperidine rings is 1. The number of aliphatic hydroxyl groups excluding tert-OH is 1. The van der Waals surface area contributed by atoms with Gasteiger partial charge in [-0.2, -0.15) is 0 Å². The summed E-state index contributed by atoms with van der Waals surface area (Å²) in [7, 11) is 0. The molecule has 0 saturated carbocycles. The van der Waals surface area contributed by atoms with Crippen molar-refractivity contribution in [2.75, 3.05) is 23.3 Å². The third-order valence-electron chi connectivity index (χ3n) is 3.62. The van der Waals surface area contributed by atoms with E-state index in [-0.39, 0.29) is 6.10 Å². The molecule has 1 unspecified atom stereocenters. The minimum atomic E-state index is -0.156. The highest BCUT2D eigenvalue weighted by Gasteiger charge is 2.19. The molecular formula is C14H24N4O. The molecule has 0 radical (unpaired) electrons. The topological polar surface area (TPSA) is 61.3 Å². The van der Waals surface area contributed by atoms with Crippen molar-refractivity contribution < 1.29 is 5.11 Å². The average Bonchev–Trinajstić information content (AvgIpc) is 2.38. The van der Waals surface area contributed by atoms with Crippen LogP contribution in [-0.2, 0) is 0 Å². The van der Waals surface area contributed by atoms with E-state index in [0.717, 1.165) is 49.8 Å². The first-order valence-electron chi connectivity index (χ1n) is 7.13. The Morgan fingerprint density at radius 1 is 1.42 bits per heavy atom. The third-order valence-corrected chi connectivity index (χ3v) is 3.62. The summed E-state index contributed by atoms with van der Waals surface area (Å²) in [5.41, 5.74) is 0. The van der Waals surface area contributed by atoms with Gasteiger partial charge in [-0.3, -0.25) is 0 Å². The van der Waals surface area contributed by atoms with Crippen LogP contribution in [0.5, 0.6) is 0 Å². The molecule has 0 spiro atoms. The van der Waals surface area contributed by atoms with E-state index in [4.69, 9.17) is 0 Å². The number of hydrogen-bond donors (Lipinski definition) is 2. The number of aromatic nitrogens is 2. The lowest BCUT2D eigenvalue weighted by atomic mass is 10.1. The monoisotopic (exact) mass is 264 g/mol. The van der Waals surface area contributed by atoms with E-state index >= 15 is 0 Å². The first-order valence-corrected chi connectivity index (χ1v) is 7.13. The van der Waals surface area contributed by atoms with Crippen molar-refractivity contribution in [3.05, 3.63) is 11.9 Å². The number of hydrogen-bond acceptors (Lipinski definition) is 5. The number of aryl methyl sites for hydroxylation is 1. The predicted octanol–water partition coefficient (Wildman–Crippen LogP) is 1.96. The standard InChI is InChI=1S/C14H24N4O/c1-4-10(2)15-13-9-14(17-11(3)16-13)18-7-5-12(19)6-8-18/h9-10,12,19H,4-8H2,1-3H3,(H,15,16,17). The molecule has 1 aromatic heterocycles. The molecule has 1 aliphatic heterocycles. The summed E-state index contributed by atoms with van der Waals surface area (Å²) in [5, 5.41) is 13.0. The lowest BCUT2D eigenvalue weighted by Crippen LogP contribution is -2.36. The molecule has 0 bridgehead atoms. The summed E-state index contributed by atoms with van der Waals surface area (Å²) in [6.07, 6.45) is 2.54. The second kappa shape index (κ2) is 6.19. The van der Waals surface area contributed by atoms with Crippen LogP contribution in [0.1, 0.15) is 38.9 Å². The fourth-order valence-electron chi connectivity index (χ4n) is 2.24. The Labute approximate surface area is 115 Å². The summed E-state index contributed by atoms with van der Waals surface area (Å²) in [4.78, 5) is 11.2. The van der Waals surface area contributed by atoms with Crippen molar-refractivity contribution in [1.82, 2.24) is 9.97 Å². The predicted molar refractivity (Wildman–Crippen MR) is 77.6 cm³/mol. The molecule has 19 heavy (non-hydrogen) atoms. The van der Waals surface area contributed by atoms with Crippen molar-refractivity contribution in [3.8, 4) is 0 Å².